The van der Waals surface area contributed by atoms with Crippen molar-refractivity contribution in [2.24, 2.45) is 0 Å². The molecule has 3 aromatic heterocycles. The summed E-state index contributed by atoms with van der Waals surface area (Å²) in [6.45, 7) is 7.51. The van der Waals surface area contributed by atoms with E-state index in [2.05, 4.69) is 35.9 Å². The van der Waals surface area contributed by atoms with Crippen molar-refractivity contribution < 1.29 is 5.11 Å². The number of aliphatic hydroxyl groups is 1. The number of nitrogens with zero attached hydrogens (tertiary/aromatic N) is 5. The van der Waals surface area contributed by atoms with Crippen LogP contribution in [0.25, 0.3) is 21.9 Å². The summed E-state index contributed by atoms with van der Waals surface area (Å²) in [5, 5.41) is 17.3. The van der Waals surface area contributed by atoms with Crippen LogP contribution < -0.4 is 4.90 Å². The molecule has 2 N–H and O–H groups in total. The third kappa shape index (κ3) is 2.63. The number of β-amino-alcohol motifs (C(OH)–C–C–N with tert-alkyl or cyclic N) is 1. The van der Waals surface area contributed by atoms with Gasteiger partial charge in [-0.3, -0.25) is 0 Å². The lowest BCUT2D eigenvalue weighted by Crippen LogP contribution is -2.53. The summed E-state index contributed by atoms with van der Waals surface area (Å²) < 4.78 is 0. The Labute approximate surface area is 152 Å². The van der Waals surface area contributed by atoms with E-state index in [-0.39, 0.29) is 0 Å². The Morgan fingerprint density at radius 1 is 1.08 bits per heavy atom. The van der Waals surface area contributed by atoms with E-state index in [1.807, 2.05) is 31.6 Å². The van der Waals surface area contributed by atoms with E-state index in [4.69, 9.17) is 0 Å². The molecular weight excluding hydrogens is 328 g/mol. The van der Waals surface area contributed by atoms with Crippen LogP contribution in [0.1, 0.15) is 13.3 Å². The summed E-state index contributed by atoms with van der Waals surface area (Å²) in [6, 6.07) is 4.20. The Balaban J connectivity index is 1.41. The molecule has 5 rings (SSSR count). The van der Waals surface area contributed by atoms with E-state index in [1.165, 1.54) is 11.1 Å². The Hall–Kier alpha value is -2.22. The van der Waals surface area contributed by atoms with Crippen molar-refractivity contribution in [1.82, 2.24) is 25.0 Å². The monoisotopic (exact) mass is 352 g/mol. The van der Waals surface area contributed by atoms with Gasteiger partial charge in [-0.15, -0.1) is 0 Å². The first-order valence-electron chi connectivity index (χ1n) is 9.29. The smallest absolute Gasteiger partial charge is 0.159 e. The van der Waals surface area contributed by atoms with Gasteiger partial charge in [-0.05, 0) is 25.5 Å². The van der Waals surface area contributed by atoms with E-state index in [1.54, 1.807) is 0 Å². The highest BCUT2D eigenvalue weighted by molar-refractivity contribution is 6.09. The average Bonchev–Trinajstić information content (AvgIpc) is 3.27. The van der Waals surface area contributed by atoms with E-state index in [9.17, 15) is 5.11 Å². The molecule has 0 radical (unpaired) electrons. The summed E-state index contributed by atoms with van der Waals surface area (Å²) in [5.41, 5.74) is 2.54. The van der Waals surface area contributed by atoms with Gasteiger partial charge in [0.15, 0.2) is 5.65 Å². The average molecular weight is 352 g/mol. The number of nitrogens with one attached hydrogen (secondary N) is 1. The fourth-order valence-corrected chi connectivity index (χ4v) is 4.28. The molecule has 1 atom stereocenters. The first kappa shape index (κ1) is 16.0. The number of piperazine rings is 1. The van der Waals surface area contributed by atoms with Crippen LogP contribution in [0.3, 0.4) is 0 Å². The summed E-state index contributed by atoms with van der Waals surface area (Å²) >= 11 is 0. The van der Waals surface area contributed by atoms with Crippen LogP contribution in [0.4, 0.5) is 5.69 Å². The molecule has 5 heterocycles. The summed E-state index contributed by atoms with van der Waals surface area (Å²) in [6.07, 6.45) is 6.54. The second kappa shape index (κ2) is 5.90. The Kier molecular flexibility index (Phi) is 3.63. The highest BCUT2D eigenvalue weighted by Crippen LogP contribution is 2.32. The lowest BCUT2D eigenvalue weighted by molar-refractivity contribution is -0.0332. The number of hydrazine groups is 1. The van der Waals surface area contributed by atoms with Gasteiger partial charge < -0.3 is 15.0 Å². The van der Waals surface area contributed by atoms with Crippen molar-refractivity contribution in [3.05, 3.63) is 30.7 Å². The van der Waals surface area contributed by atoms with Crippen LogP contribution in [0.2, 0.25) is 0 Å². The Morgan fingerprint density at radius 3 is 2.69 bits per heavy atom. The number of anilines is 1. The molecule has 7 heteroatoms. The van der Waals surface area contributed by atoms with Gasteiger partial charge in [-0.25, -0.2) is 20.0 Å². The van der Waals surface area contributed by atoms with Crippen LogP contribution >= 0.6 is 0 Å². The molecule has 0 aliphatic carbocycles. The molecule has 7 nitrogen and oxygen atoms in total. The number of rotatable bonds is 2. The quantitative estimate of drug-likeness (QED) is 0.730. The third-order valence-electron chi connectivity index (χ3n) is 5.70. The molecule has 1 unspecified atom stereocenters. The molecular formula is C19H24N6O. The maximum absolute atomic E-state index is 10.2. The van der Waals surface area contributed by atoms with E-state index >= 15 is 0 Å². The van der Waals surface area contributed by atoms with E-state index in [0.29, 0.717) is 0 Å². The minimum Gasteiger partial charge on any atom is -0.389 e. The molecule has 26 heavy (non-hydrogen) atoms. The molecule has 3 aromatic rings. The predicted molar refractivity (Wildman–Crippen MR) is 102 cm³/mol. The second-order valence-corrected chi connectivity index (χ2v) is 7.67. The van der Waals surface area contributed by atoms with Crippen LogP contribution in [0, 0.1) is 0 Å². The van der Waals surface area contributed by atoms with Gasteiger partial charge >= 0.3 is 0 Å². The molecule has 0 amide bonds. The van der Waals surface area contributed by atoms with Crippen LogP contribution in [0.5, 0.6) is 0 Å². The van der Waals surface area contributed by atoms with Gasteiger partial charge in [0.05, 0.1) is 17.3 Å². The number of fused-ring (bicyclic) bond motifs is 3. The third-order valence-corrected chi connectivity index (χ3v) is 5.70. The normalized spacial score (nSPS) is 25.5. The molecule has 2 aliphatic rings. The van der Waals surface area contributed by atoms with Gasteiger partial charge in [-0.1, -0.05) is 0 Å². The number of aromatic nitrogens is 3. The topological polar surface area (TPSA) is 71.5 Å². The molecule has 0 bridgehead atoms. The predicted octanol–water partition coefficient (Wildman–Crippen LogP) is 1.60. The van der Waals surface area contributed by atoms with Crippen molar-refractivity contribution in [3.8, 4) is 0 Å². The number of H-pyrrole nitrogens is 1. The summed E-state index contributed by atoms with van der Waals surface area (Å²) in [7, 11) is 0. The molecule has 2 fully saturated rings. The maximum atomic E-state index is 10.2. The SMILES string of the molecule is CC1(O)CCN(N2CCN(c3cc[nH]c4cnc5nccc5c34)CC2)C1. The molecule has 0 aromatic carbocycles. The molecule has 2 aliphatic heterocycles. The van der Waals surface area contributed by atoms with Gasteiger partial charge in [0, 0.05) is 68.1 Å². The second-order valence-electron chi connectivity index (χ2n) is 7.67. The number of hydrogen-bond donors (Lipinski definition) is 2. The van der Waals surface area contributed by atoms with Crippen molar-refractivity contribution >= 4 is 27.6 Å². The molecule has 2 saturated heterocycles. The largest absolute Gasteiger partial charge is 0.389 e. The lowest BCUT2D eigenvalue weighted by atomic mass is 10.1. The van der Waals surface area contributed by atoms with Gasteiger partial charge in [0.1, 0.15) is 0 Å². The molecule has 136 valence electrons. The van der Waals surface area contributed by atoms with Crippen LogP contribution in [0.15, 0.2) is 30.7 Å². The van der Waals surface area contributed by atoms with Crippen molar-refractivity contribution in [3.63, 3.8) is 0 Å². The highest BCUT2D eigenvalue weighted by atomic mass is 16.3. The standard InChI is InChI=1S/C19H24N6O/c1-19(26)4-7-25(13-19)24-10-8-23(9-11-24)16-3-6-20-15-12-22-18-14(17(15)16)2-5-21-18/h2-3,5-6,12,20,26H,4,7-11,13H2,1H3. The highest BCUT2D eigenvalue weighted by Gasteiger charge is 2.35. The van der Waals surface area contributed by atoms with Crippen LogP contribution in [-0.4, -0.2) is 74.9 Å². The number of hydrogen-bond acceptors (Lipinski definition) is 6. The first-order valence-corrected chi connectivity index (χ1v) is 9.29. The Bertz CT molecular complexity index is 944. The number of aromatic amines is 1. The Morgan fingerprint density at radius 2 is 1.92 bits per heavy atom. The fourth-order valence-electron chi connectivity index (χ4n) is 4.28. The van der Waals surface area contributed by atoms with E-state index < -0.39 is 5.60 Å². The minimum absolute atomic E-state index is 0.550. The zero-order valence-corrected chi connectivity index (χ0v) is 15.0. The zero-order valence-electron chi connectivity index (χ0n) is 15.0. The van der Waals surface area contributed by atoms with Crippen molar-refractivity contribution in [2.45, 2.75) is 18.9 Å². The van der Waals surface area contributed by atoms with Crippen LogP contribution in [-0.2, 0) is 0 Å². The van der Waals surface area contributed by atoms with Gasteiger partial charge in [0.25, 0.3) is 0 Å². The minimum atomic E-state index is -0.550. The van der Waals surface area contributed by atoms with E-state index in [0.717, 1.165) is 62.2 Å². The summed E-state index contributed by atoms with van der Waals surface area (Å²) in [5.74, 6) is 0. The van der Waals surface area contributed by atoms with Gasteiger partial charge in [-0.2, -0.15) is 0 Å². The summed E-state index contributed by atoms with van der Waals surface area (Å²) in [4.78, 5) is 14.5. The lowest BCUT2D eigenvalue weighted by Gasteiger charge is -2.41. The fraction of sp³-hybridized carbons (Fsp3) is 0.474. The number of pyridine rings is 2. The first-order chi connectivity index (χ1) is 12.6. The van der Waals surface area contributed by atoms with Crippen molar-refractivity contribution in [1.29, 1.82) is 0 Å². The van der Waals surface area contributed by atoms with Crippen molar-refractivity contribution in [2.75, 3.05) is 44.2 Å². The molecule has 0 saturated carbocycles. The van der Waals surface area contributed by atoms with Gasteiger partial charge in [0.2, 0.25) is 0 Å². The zero-order chi connectivity index (χ0) is 17.7. The molecule has 0 spiro atoms. The maximum Gasteiger partial charge on any atom is 0.159 e.